The van der Waals surface area contributed by atoms with Crippen LogP contribution in [0.2, 0.25) is 25.7 Å². The lowest BCUT2D eigenvalue weighted by Gasteiger charge is -2.64. The Bertz CT molecular complexity index is 1050. The summed E-state index contributed by atoms with van der Waals surface area (Å²) in [5, 5.41) is 7.01. The minimum Gasteiger partial charge on any atom is -0.444 e. The number of rotatable bonds is 11. The summed E-state index contributed by atoms with van der Waals surface area (Å²) in [6, 6.07) is -0.765. The molecule has 244 valence electrons. The summed E-state index contributed by atoms with van der Waals surface area (Å²) in [6.45, 7) is 19.3. The fourth-order valence-corrected chi connectivity index (χ4v) is 9.75. The third kappa shape index (κ3) is 7.83. The maximum Gasteiger partial charge on any atom is 0.481 e. The van der Waals surface area contributed by atoms with Gasteiger partial charge in [0.1, 0.15) is 17.7 Å². The van der Waals surface area contributed by atoms with Crippen molar-refractivity contribution in [2.45, 2.75) is 148 Å². The molecular formula is C31H55BBrN3O6Si. The van der Waals surface area contributed by atoms with Crippen molar-refractivity contribution in [2.24, 2.45) is 17.3 Å². The van der Waals surface area contributed by atoms with E-state index in [9.17, 15) is 14.4 Å². The largest absolute Gasteiger partial charge is 0.481 e. The number of nitrogens with one attached hydrogen (secondary N) is 2. The molecule has 0 aromatic heterocycles. The van der Waals surface area contributed by atoms with Gasteiger partial charge in [0.05, 0.1) is 17.6 Å². The Labute approximate surface area is 268 Å². The fraction of sp³-hybridized carbons (Fsp3) is 0.903. The first-order chi connectivity index (χ1) is 19.9. The average Bonchev–Trinajstić information content (AvgIpc) is 3.49. The molecule has 5 aliphatic rings. The molecule has 2 bridgehead atoms. The van der Waals surface area contributed by atoms with Crippen molar-refractivity contribution >= 4 is 49.0 Å². The molecule has 3 amide bonds. The van der Waals surface area contributed by atoms with Gasteiger partial charge in [-0.25, -0.2) is 4.79 Å². The van der Waals surface area contributed by atoms with Gasteiger partial charge in [-0.1, -0.05) is 55.8 Å². The second-order valence-corrected chi connectivity index (χ2v) is 22.6. The highest BCUT2D eigenvalue weighted by Crippen LogP contribution is 2.65. The Hall–Kier alpha value is -1.11. The number of nitrogens with zero attached hydrogens (tertiary/aromatic N) is 1. The van der Waals surface area contributed by atoms with Crippen molar-refractivity contribution in [1.29, 1.82) is 0 Å². The van der Waals surface area contributed by atoms with E-state index in [1.54, 1.807) is 25.7 Å². The van der Waals surface area contributed by atoms with Crippen molar-refractivity contribution in [1.82, 2.24) is 15.5 Å². The molecule has 7 atom stereocenters. The maximum atomic E-state index is 13.9. The molecule has 12 heteroatoms. The lowest BCUT2D eigenvalue weighted by atomic mass is 9.43. The normalized spacial score (nSPS) is 31.1. The number of ether oxygens (including phenoxy) is 1. The molecule has 2 saturated heterocycles. The van der Waals surface area contributed by atoms with Crippen LogP contribution < -0.4 is 10.6 Å². The molecule has 5 rings (SSSR count). The van der Waals surface area contributed by atoms with Crippen molar-refractivity contribution in [3.05, 3.63) is 0 Å². The van der Waals surface area contributed by atoms with Crippen LogP contribution in [0.1, 0.15) is 86.5 Å². The highest BCUT2D eigenvalue weighted by atomic mass is 79.9. The molecule has 2 N–H and O–H groups in total. The Morgan fingerprint density at radius 3 is 2.42 bits per heavy atom. The third-order valence-corrected chi connectivity index (χ3v) is 12.4. The average molecular weight is 685 g/mol. The fourth-order valence-electron chi connectivity index (χ4n) is 7.85. The van der Waals surface area contributed by atoms with Crippen molar-refractivity contribution < 1.29 is 28.4 Å². The van der Waals surface area contributed by atoms with E-state index in [0.717, 1.165) is 37.4 Å². The Morgan fingerprint density at radius 2 is 1.81 bits per heavy atom. The summed E-state index contributed by atoms with van der Waals surface area (Å²) in [7, 11) is -2.27. The number of amides is 3. The summed E-state index contributed by atoms with van der Waals surface area (Å²) >= 11 is 3.53. The number of halogens is 1. The van der Waals surface area contributed by atoms with Gasteiger partial charge in [-0.15, -0.1) is 0 Å². The van der Waals surface area contributed by atoms with Crippen molar-refractivity contribution in [2.75, 3.05) is 11.9 Å². The summed E-state index contributed by atoms with van der Waals surface area (Å²) in [5.41, 5.74) is -0.789. The zero-order chi connectivity index (χ0) is 32.0. The van der Waals surface area contributed by atoms with Crippen molar-refractivity contribution in [3.63, 3.8) is 0 Å². The van der Waals surface area contributed by atoms with Gasteiger partial charge in [-0.05, 0) is 89.5 Å². The Balaban J connectivity index is 1.47. The van der Waals surface area contributed by atoms with Crippen LogP contribution in [0.25, 0.3) is 0 Å². The van der Waals surface area contributed by atoms with E-state index in [4.69, 9.17) is 14.0 Å². The predicted molar refractivity (Wildman–Crippen MR) is 176 cm³/mol. The third-order valence-electron chi connectivity index (χ3n) is 10.2. The SMILES string of the molecule is CC(C)(C)OC(=O)N[C@H](C[Si](C)(C)C)C(=O)N1CCC[C@H]1C(=O)N[C@@H](CCCCBr)B1O[C@@H]2C[C@@H]3C[C@@H](C3(C)C)[C@]2(C)O1. The van der Waals surface area contributed by atoms with Gasteiger partial charge in [-0.3, -0.25) is 9.59 Å². The molecule has 3 aliphatic carbocycles. The molecule has 2 heterocycles. The molecular weight excluding hydrogens is 629 g/mol. The van der Waals surface area contributed by atoms with Gasteiger partial charge in [0.15, 0.2) is 0 Å². The van der Waals surface area contributed by atoms with Gasteiger partial charge in [0.25, 0.3) is 0 Å². The van der Waals surface area contributed by atoms with Gasteiger partial charge < -0.3 is 29.6 Å². The molecule has 9 nitrogen and oxygen atoms in total. The van der Waals surface area contributed by atoms with Crippen LogP contribution >= 0.6 is 15.9 Å². The smallest absolute Gasteiger partial charge is 0.444 e. The number of unbranched alkanes of at least 4 members (excludes halogenated alkanes) is 1. The van der Waals surface area contributed by atoms with Gasteiger partial charge >= 0.3 is 13.2 Å². The van der Waals surface area contributed by atoms with Gasteiger partial charge in [-0.2, -0.15) is 0 Å². The zero-order valence-corrected chi connectivity index (χ0v) is 30.5. The first-order valence-electron chi connectivity index (χ1n) is 16.4. The molecule has 0 unspecified atom stereocenters. The van der Waals surface area contributed by atoms with Crippen LogP contribution in [0, 0.1) is 17.3 Å². The van der Waals surface area contributed by atoms with Crippen LogP contribution in [0.3, 0.4) is 0 Å². The molecule has 0 aromatic carbocycles. The van der Waals surface area contributed by atoms with Crippen LogP contribution in [-0.2, 0) is 23.6 Å². The van der Waals surface area contributed by atoms with Crippen LogP contribution in [0.4, 0.5) is 4.79 Å². The highest BCUT2D eigenvalue weighted by molar-refractivity contribution is 9.09. The first kappa shape index (κ1) is 34.8. The van der Waals surface area contributed by atoms with Gasteiger partial charge in [0.2, 0.25) is 11.8 Å². The van der Waals surface area contributed by atoms with Crippen molar-refractivity contribution in [3.8, 4) is 0 Å². The van der Waals surface area contributed by atoms with E-state index in [1.807, 2.05) is 0 Å². The highest BCUT2D eigenvalue weighted by Gasteiger charge is 2.68. The second-order valence-electron chi connectivity index (χ2n) is 16.3. The van der Waals surface area contributed by atoms with Crippen LogP contribution in [0.15, 0.2) is 0 Å². The predicted octanol–water partition coefficient (Wildman–Crippen LogP) is 5.53. The summed E-state index contributed by atoms with van der Waals surface area (Å²) in [4.78, 5) is 42.2. The summed E-state index contributed by atoms with van der Waals surface area (Å²) < 4.78 is 18.8. The van der Waals surface area contributed by atoms with Gasteiger partial charge in [0, 0.05) is 19.9 Å². The molecule has 3 saturated carbocycles. The van der Waals surface area contributed by atoms with Crippen LogP contribution in [0.5, 0.6) is 0 Å². The van der Waals surface area contributed by atoms with E-state index in [2.05, 4.69) is 67.0 Å². The number of carbonyl (C=O) groups excluding carboxylic acids is 3. The maximum absolute atomic E-state index is 13.9. The molecule has 0 spiro atoms. The minimum atomic E-state index is -1.76. The number of hydrogen-bond acceptors (Lipinski definition) is 6. The number of alkyl carbamates (subject to hydrolysis) is 1. The molecule has 0 radical (unpaired) electrons. The Morgan fingerprint density at radius 1 is 1.12 bits per heavy atom. The second kappa shape index (κ2) is 12.9. The lowest BCUT2D eigenvalue weighted by molar-refractivity contribution is -0.199. The van der Waals surface area contributed by atoms with Crippen LogP contribution in [-0.4, -0.2) is 85.2 Å². The minimum absolute atomic E-state index is 0.0376. The number of hydrogen-bond donors (Lipinski definition) is 2. The zero-order valence-electron chi connectivity index (χ0n) is 27.9. The van der Waals surface area contributed by atoms with E-state index >= 15 is 0 Å². The van der Waals surface area contributed by atoms with E-state index < -0.39 is 39.0 Å². The van der Waals surface area contributed by atoms with E-state index in [0.29, 0.717) is 30.8 Å². The lowest BCUT2D eigenvalue weighted by Crippen LogP contribution is -2.65. The van der Waals surface area contributed by atoms with E-state index in [-0.39, 0.29) is 34.9 Å². The molecule has 43 heavy (non-hydrogen) atoms. The molecule has 0 aromatic rings. The topological polar surface area (TPSA) is 106 Å². The number of alkyl halides is 1. The summed E-state index contributed by atoms with van der Waals surface area (Å²) in [5.74, 6) is 0.405. The quantitative estimate of drug-likeness (QED) is 0.169. The number of likely N-dealkylation sites (tertiary alicyclic amines) is 1. The first-order valence-corrected chi connectivity index (χ1v) is 21.2. The summed E-state index contributed by atoms with van der Waals surface area (Å²) in [6.07, 6.45) is 5.56. The molecule has 2 aliphatic heterocycles. The Kier molecular flexibility index (Phi) is 10.5. The molecule has 5 fully saturated rings. The monoisotopic (exact) mass is 683 g/mol. The van der Waals surface area contributed by atoms with E-state index in [1.165, 1.54) is 6.42 Å². The number of carbonyl (C=O) groups is 3. The standard InChI is InChI=1S/C31H55BBrN3O6Si/c1-29(2,3)40-28(39)34-21(19-43(7,8)9)27(38)36-16-12-13-22(36)26(37)35-25(14-10-11-15-33)32-41-24-18-20-17-23(30(20,4)5)31(24,6)42-32/h20-25H,10-19H2,1-9H3,(H,34,39)(H,35,37)/t20-,21+,22-,23-,24+,25-,31-/m0/s1.